The number of hydrogen-bond acceptors (Lipinski definition) is 6. The van der Waals surface area contributed by atoms with Gasteiger partial charge in [0, 0.05) is 18.7 Å². The third kappa shape index (κ3) is 2.20. The Morgan fingerprint density at radius 1 is 1.28 bits per heavy atom. The van der Waals surface area contributed by atoms with Crippen LogP contribution in [0.15, 0.2) is 28.8 Å². The Morgan fingerprint density at radius 3 is 2.83 bits per heavy atom. The van der Waals surface area contributed by atoms with Crippen LogP contribution in [0.5, 0.6) is 5.75 Å². The average Bonchev–Trinajstić information content (AvgIpc) is 2.90. The number of morpholine rings is 1. The first-order valence-corrected chi connectivity index (χ1v) is 5.78. The third-order valence-electron chi connectivity index (χ3n) is 2.77. The molecule has 1 aromatic heterocycles. The van der Waals surface area contributed by atoms with E-state index in [-0.39, 0.29) is 11.9 Å². The van der Waals surface area contributed by atoms with Crippen molar-refractivity contribution in [1.29, 1.82) is 0 Å². The summed E-state index contributed by atoms with van der Waals surface area (Å²) in [5, 5.41) is 16.3. The molecule has 1 saturated heterocycles. The van der Waals surface area contributed by atoms with Crippen LogP contribution in [-0.2, 0) is 4.74 Å². The van der Waals surface area contributed by atoms with Crippen LogP contribution in [-0.4, -0.2) is 34.9 Å². The van der Waals surface area contributed by atoms with Crippen molar-refractivity contribution >= 4 is 0 Å². The summed E-state index contributed by atoms with van der Waals surface area (Å²) in [5.74, 6) is 1.19. The molecule has 0 radical (unpaired) electrons. The van der Waals surface area contributed by atoms with Crippen molar-refractivity contribution in [1.82, 2.24) is 15.5 Å². The maximum Gasteiger partial charge on any atom is 0.257 e. The van der Waals surface area contributed by atoms with E-state index in [4.69, 9.17) is 9.26 Å². The standard InChI is InChI=1S/C12H13N3O3/c16-9-3-1-8(2-4-9)11-14-12(18-15-11)10-7-13-5-6-17-10/h1-4,10,13,16H,5-7H2. The Hall–Kier alpha value is -1.92. The molecule has 1 unspecified atom stereocenters. The Kier molecular flexibility index (Phi) is 2.95. The van der Waals surface area contributed by atoms with Crippen LogP contribution >= 0.6 is 0 Å². The Morgan fingerprint density at radius 2 is 2.11 bits per heavy atom. The number of nitrogens with one attached hydrogen (secondary N) is 1. The van der Waals surface area contributed by atoms with Gasteiger partial charge in [-0.3, -0.25) is 0 Å². The number of phenols is 1. The minimum atomic E-state index is -0.183. The number of phenolic OH excluding ortho intramolecular Hbond substituents is 1. The van der Waals surface area contributed by atoms with E-state index >= 15 is 0 Å². The molecule has 0 spiro atoms. The van der Waals surface area contributed by atoms with Crippen LogP contribution in [0, 0.1) is 0 Å². The van der Waals surface area contributed by atoms with E-state index in [1.165, 1.54) is 0 Å². The maximum absolute atomic E-state index is 9.22. The first kappa shape index (κ1) is 11.2. The van der Waals surface area contributed by atoms with Crippen molar-refractivity contribution in [3.05, 3.63) is 30.2 Å². The van der Waals surface area contributed by atoms with Crippen molar-refractivity contribution in [3.8, 4) is 17.1 Å². The van der Waals surface area contributed by atoms with Gasteiger partial charge < -0.3 is 19.7 Å². The first-order valence-electron chi connectivity index (χ1n) is 5.78. The summed E-state index contributed by atoms with van der Waals surface area (Å²) < 4.78 is 10.7. The molecule has 2 aromatic rings. The molecule has 94 valence electrons. The highest BCUT2D eigenvalue weighted by molar-refractivity contribution is 5.55. The van der Waals surface area contributed by atoms with E-state index in [2.05, 4.69) is 15.5 Å². The molecule has 1 aromatic carbocycles. The highest BCUT2D eigenvalue weighted by atomic mass is 16.5. The fraction of sp³-hybridized carbons (Fsp3) is 0.333. The van der Waals surface area contributed by atoms with E-state index in [1.54, 1.807) is 24.3 Å². The van der Waals surface area contributed by atoms with E-state index in [9.17, 15) is 5.11 Å². The maximum atomic E-state index is 9.22. The lowest BCUT2D eigenvalue weighted by molar-refractivity contribution is 0.00755. The number of benzene rings is 1. The summed E-state index contributed by atoms with van der Waals surface area (Å²) in [4.78, 5) is 4.31. The highest BCUT2D eigenvalue weighted by Gasteiger charge is 2.22. The number of hydrogen-bond donors (Lipinski definition) is 2. The molecule has 1 aliphatic rings. The second-order valence-corrected chi connectivity index (χ2v) is 4.07. The van der Waals surface area contributed by atoms with Gasteiger partial charge in [0.25, 0.3) is 5.89 Å². The van der Waals surface area contributed by atoms with Crippen molar-refractivity contribution in [2.24, 2.45) is 0 Å². The van der Waals surface area contributed by atoms with Gasteiger partial charge in [-0.2, -0.15) is 4.98 Å². The molecule has 6 nitrogen and oxygen atoms in total. The van der Waals surface area contributed by atoms with Crippen molar-refractivity contribution in [3.63, 3.8) is 0 Å². The summed E-state index contributed by atoms with van der Waals surface area (Å²) in [6, 6.07) is 6.65. The second kappa shape index (κ2) is 4.75. The Balaban J connectivity index is 1.82. The monoisotopic (exact) mass is 247 g/mol. The number of ether oxygens (including phenoxy) is 1. The summed E-state index contributed by atoms with van der Waals surface area (Å²) in [6.07, 6.45) is -0.183. The molecule has 0 aliphatic carbocycles. The van der Waals surface area contributed by atoms with Gasteiger partial charge >= 0.3 is 0 Å². The second-order valence-electron chi connectivity index (χ2n) is 4.07. The molecule has 0 saturated carbocycles. The topological polar surface area (TPSA) is 80.4 Å². The van der Waals surface area contributed by atoms with Crippen LogP contribution in [0.1, 0.15) is 12.0 Å². The molecule has 6 heteroatoms. The zero-order chi connectivity index (χ0) is 12.4. The number of aromatic hydroxyl groups is 1. The van der Waals surface area contributed by atoms with Crippen LogP contribution in [0.2, 0.25) is 0 Å². The molecule has 1 atom stereocenters. The molecule has 2 N–H and O–H groups in total. The number of rotatable bonds is 2. The Bertz CT molecular complexity index is 518. The molecule has 1 aliphatic heterocycles. The van der Waals surface area contributed by atoms with Crippen LogP contribution in [0.3, 0.4) is 0 Å². The van der Waals surface area contributed by atoms with Gasteiger partial charge in [0.15, 0.2) is 0 Å². The van der Waals surface area contributed by atoms with Crippen molar-refractivity contribution in [2.45, 2.75) is 6.10 Å². The van der Waals surface area contributed by atoms with Gasteiger partial charge in [-0.25, -0.2) is 0 Å². The SMILES string of the molecule is Oc1ccc(-c2noc(C3CNCCO3)n2)cc1. The zero-order valence-electron chi connectivity index (χ0n) is 9.67. The molecule has 3 rings (SSSR count). The summed E-state index contributed by atoms with van der Waals surface area (Å²) in [5.41, 5.74) is 0.798. The normalized spacial score (nSPS) is 19.9. The summed E-state index contributed by atoms with van der Waals surface area (Å²) in [7, 11) is 0. The number of aromatic nitrogens is 2. The van der Waals surface area contributed by atoms with Gasteiger partial charge in [0.1, 0.15) is 11.9 Å². The van der Waals surface area contributed by atoms with Gasteiger partial charge in [0.2, 0.25) is 5.82 Å². The van der Waals surface area contributed by atoms with Crippen LogP contribution in [0.4, 0.5) is 0 Å². The molecular formula is C12H13N3O3. The smallest absolute Gasteiger partial charge is 0.257 e. The zero-order valence-corrected chi connectivity index (χ0v) is 9.67. The lowest BCUT2D eigenvalue weighted by Gasteiger charge is -2.19. The predicted octanol–water partition coefficient (Wildman–Crippen LogP) is 1.10. The third-order valence-corrected chi connectivity index (χ3v) is 2.77. The van der Waals surface area contributed by atoms with Crippen molar-refractivity contribution in [2.75, 3.05) is 19.7 Å². The molecule has 0 bridgehead atoms. The minimum absolute atomic E-state index is 0.183. The molecule has 18 heavy (non-hydrogen) atoms. The van der Waals surface area contributed by atoms with E-state index in [0.717, 1.165) is 12.1 Å². The quantitative estimate of drug-likeness (QED) is 0.827. The average molecular weight is 247 g/mol. The fourth-order valence-electron chi connectivity index (χ4n) is 1.82. The van der Waals surface area contributed by atoms with E-state index in [1.807, 2.05) is 0 Å². The van der Waals surface area contributed by atoms with Gasteiger partial charge in [-0.05, 0) is 24.3 Å². The molecule has 2 heterocycles. The highest BCUT2D eigenvalue weighted by Crippen LogP contribution is 2.22. The Labute approximate surface area is 104 Å². The predicted molar refractivity (Wildman–Crippen MR) is 63.0 cm³/mol. The lowest BCUT2D eigenvalue weighted by atomic mass is 10.2. The van der Waals surface area contributed by atoms with Crippen LogP contribution < -0.4 is 5.32 Å². The van der Waals surface area contributed by atoms with Gasteiger partial charge in [-0.15, -0.1) is 0 Å². The molecule has 1 fully saturated rings. The number of nitrogens with zero attached hydrogens (tertiary/aromatic N) is 2. The largest absolute Gasteiger partial charge is 0.508 e. The molecular weight excluding hydrogens is 234 g/mol. The lowest BCUT2D eigenvalue weighted by Crippen LogP contribution is -2.33. The van der Waals surface area contributed by atoms with E-state index in [0.29, 0.717) is 24.9 Å². The van der Waals surface area contributed by atoms with E-state index < -0.39 is 0 Å². The van der Waals surface area contributed by atoms with Crippen LogP contribution in [0.25, 0.3) is 11.4 Å². The molecule has 0 amide bonds. The minimum Gasteiger partial charge on any atom is -0.508 e. The van der Waals surface area contributed by atoms with Gasteiger partial charge in [0.05, 0.1) is 6.61 Å². The van der Waals surface area contributed by atoms with Gasteiger partial charge in [-0.1, -0.05) is 5.16 Å². The first-order chi connectivity index (χ1) is 8.83. The summed E-state index contributed by atoms with van der Waals surface area (Å²) >= 11 is 0. The fourth-order valence-corrected chi connectivity index (χ4v) is 1.82. The van der Waals surface area contributed by atoms with Crippen molar-refractivity contribution < 1.29 is 14.4 Å². The summed E-state index contributed by atoms with van der Waals surface area (Å²) in [6.45, 7) is 2.16.